The molecule has 1 aromatic carbocycles. The van der Waals surface area contributed by atoms with Crippen LogP contribution in [0.1, 0.15) is 86.2 Å². The Balaban J connectivity index is 0.000000459. The van der Waals surface area contributed by atoms with Gasteiger partial charge in [-0.15, -0.1) is 0 Å². The van der Waals surface area contributed by atoms with E-state index in [9.17, 15) is 14.4 Å². The second-order valence-electron chi connectivity index (χ2n) is 11.3. The molecule has 0 bridgehead atoms. The fourth-order valence-electron chi connectivity index (χ4n) is 4.64. The van der Waals surface area contributed by atoms with E-state index in [4.69, 9.17) is 5.73 Å². The number of ether oxygens (including phenoxy) is 1. The van der Waals surface area contributed by atoms with E-state index in [2.05, 4.69) is 41.1 Å². The van der Waals surface area contributed by atoms with Crippen LogP contribution in [-0.4, -0.2) is 57.7 Å². The van der Waals surface area contributed by atoms with Gasteiger partial charge < -0.3 is 20.7 Å². The number of rotatable bonds is 7. The van der Waals surface area contributed by atoms with Gasteiger partial charge in [0.05, 0.1) is 11.1 Å². The van der Waals surface area contributed by atoms with Gasteiger partial charge in [0.15, 0.2) is 5.69 Å². The van der Waals surface area contributed by atoms with Crippen molar-refractivity contribution in [1.29, 1.82) is 0 Å². The van der Waals surface area contributed by atoms with Gasteiger partial charge in [0.2, 0.25) is 0 Å². The summed E-state index contributed by atoms with van der Waals surface area (Å²) in [4.78, 5) is 37.6. The molecular formula is C30H41N5O4. The summed E-state index contributed by atoms with van der Waals surface area (Å²) in [7, 11) is 0. The van der Waals surface area contributed by atoms with Gasteiger partial charge >= 0.3 is 6.09 Å². The number of pyridine rings is 1. The monoisotopic (exact) mass is 535 g/mol. The zero-order chi connectivity index (χ0) is 28.6. The van der Waals surface area contributed by atoms with Crippen molar-refractivity contribution in [3.63, 3.8) is 0 Å². The van der Waals surface area contributed by atoms with Crippen LogP contribution in [0, 0.1) is 5.92 Å². The Morgan fingerprint density at radius 2 is 1.72 bits per heavy atom. The summed E-state index contributed by atoms with van der Waals surface area (Å²) in [6.45, 7) is 11.8. The molecule has 9 nitrogen and oxygen atoms in total. The first-order valence-corrected chi connectivity index (χ1v) is 13.5. The Morgan fingerprint density at radius 3 is 2.28 bits per heavy atom. The third-order valence-electron chi connectivity index (χ3n) is 6.30. The average Bonchev–Trinajstić information content (AvgIpc) is 3.55. The lowest BCUT2D eigenvalue weighted by Gasteiger charge is -2.20. The number of hydrogen-bond acceptors (Lipinski definition) is 5. The topological polar surface area (TPSA) is 119 Å². The molecule has 9 heteroatoms. The Kier molecular flexibility index (Phi) is 10.1. The van der Waals surface area contributed by atoms with E-state index in [0.717, 1.165) is 32.4 Å². The lowest BCUT2D eigenvalue weighted by molar-refractivity contribution is 0.0599. The van der Waals surface area contributed by atoms with Gasteiger partial charge in [-0.3, -0.25) is 9.59 Å². The molecular weight excluding hydrogens is 494 g/mol. The largest absolute Gasteiger partial charge is 0.444 e. The van der Waals surface area contributed by atoms with Gasteiger partial charge in [-0.2, -0.15) is 5.10 Å². The quantitative estimate of drug-likeness (QED) is 0.441. The highest BCUT2D eigenvalue weighted by molar-refractivity contribution is 6.02. The lowest BCUT2D eigenvalue weighted by atomic mass is 9.90. The van der Waals surface area contributed by atoms with Crippen molar-refractivity contribution in [3.8, 4) is 0 Å². The Bertz CT molecular complexity index is 1260. The molecule has 0 spiro atoms. The smallest absolute Gasteiger partial charge is 0.405 e. The molecule has 1 fully saturated rings. The Morgan fingerprint density at radius 1 is 1.05 bits per heavy atom. The van der Waals surface area contributed by atoms with Gasteiger partial charge in [-0.05, 0) is 69.7 Å². The van der Waals surface area contributed by atoms with Crippen molar-refractivity contribution >= 4 is 23.4 Å². The maximum Gasteiger partial charge on any atom is 0.405 e. The SMILES string of the molecule is CC(C)(C)OC(N)=O.CC(C)CC(CNC(=O)c1cccn2nc(C(=O)N3CCCC3)cc12)c1ccccc1. The predicted molar refractivity (Wildman–Crippen MR) is 152 cm³/mol. The highest BCUT2D eigenvalue weighted by atomic mass is 16.6. The van der Waals surface area contributed by atoms with Crippen LogP contribution in [0.25, 0.3) is 5.52 Å². The molecule has 1 aliphatic heterocycles. The van der Waals surface area contributed by atoms with E-state index in [1.54, 1.807) is 49.7 Å². The number of fused-ring (bicyclic) bond motifs is 1. The molecule has 0 aliphatic carbocycles. The second kappa shape index (κ2) is 13.3. The van der Waals surface area contributed by atoms with Gasteiger partial charge in [-0.25, -0.2) is 9.31 Å². The van der Waals surface area contributed by atoms with Crippen molar-refractivity contribution in [3.05, 3.63) is 71.5 Å². The van der Waals surface area contributed by atoms with E-state index in [-0.39, 0.29) is 17.7 Å². The number of nitrogens with one attached hydrogen (secondary N) is 1. The molecule has 0 radical (unpaired) electrons. The molecule has 3 amide bonds. The molecule has 1 saturated heterocycles. The summed E-state index contributed by atoms with van der Waals surface area (Å²) in [6, 6.07) is 15.6. The molecule has 0 saturated carbocycles. The minimum Gasteiger partial charge on any atom is -0.444 e. The van der Waals surface area contributed by atoms with Gasteiger partial charge in [-0.1, -0.05) is 44.2 Å². The van der Waals surface area contributed by atoms with Crippen LogP contribution >= 0.6 is 0 Å². The summed E-state index contributed by atoms with van der Waals surface area (Å²) < 4.78 is 6.20. The molecule has 3 heterocycles. The average molecular weight is 536 g/mol. The molecule has 2 aromatic heterocycles. The number of aromatic nitrogens is 2. The van der Waals surface area contributed by atoms with Crippen molar-refractivity contribution in [2.45, 2.75) is 65.4 Å². The number of amides is 3. The van der Waals surface area contributed by atoms with Gasteiger partial charge in [0.25, 0.3) is 11.8 Å². The molecule has 3 aromatic rings. The zero-order valence-corrected chi connectivity index (χ0v) is 23.6. The molecule has 1 atom stereocenters. The van der Waals surface area contributed by atoms with Crippen LogP contribution in [0.2, 0.25) is 0 Å². The van der Waals surface area contributed by atoms with Crippen molar-refractivity contribution < 1.29 is 19.1 Å². The van der Waals surface area contributed by atoms with Crippen LogP contribution < -0.4 is 11.1 Å². The summed E-state index contributed by atoms with van der Waals surface area (Å²) >= 11 is 0. The first-order valence-electron chi connectivity index (χ1n) is 13.5. The van der Waals surface area contributed by atoms with Gasteiger partial charge in [0.1, 0.15) is 5.60 Å². The fourth-order valence-corrected chi connectivity index (χ4v) is 4.64. The first kappa shape index (κ1) is 29.7. The van der Waals surface area contributed by atoms with Gasteiger partial charge in [0, 0.05) is 31.7 Å². The van der Waals surface area contributed by atoms with E-state index in [1.165, 1.54) is 5.56 Å². The van der Waals surface area contributed by atoms with E-state index < -0.39 is 11.7 Å². The van der Waals surface area contributed by atoms with Crippen LogP contribution in [0.3, 0.4) is 0 Å². The normalized spacial score (nSPS) is 14.1. The molecule has 1 unspecified atom stereocenters. The maximum atomic E-state index is 13.1. The third kappa shape index (κ3) is 8.84. The van der Waals surface area contributed by atoms with Crippen LogP contribution in [-0.2, 0) is 4.74 Å². The molecule has 1 aliphatic rings. The molecule has 4 rings (SSSR count). The highest BCUT2D eigenvalue weighted by Gasteiger charge is 2.23. The Hall–Kier alpha value is -3.88. The zero-order valence-electron chi connectivity index (χ0n) is 23.6. The summed E-state index contributed by atoms with van der Waals surface area (Å²) in [5, 5.41) is 7.54. The van der Waals surface area contributed by atoms with Crippen molar-refractivity contribution in [2.75, 3.05) is 19.6 Å². The Labute approximate surface area is 230 Å². The van der Waals surface area contributed by atoms with Crippen LogP contribution in [0.4, 0.5) is 4.79 Å². The highest BCUT2D eigenvalue weighted by Crippen LogP contribution is 2.23. The van der Waals surface area contributed by atoms with Crippen molar-refractivity contribution in [1.82, 2.24) is 19.8 Å². The number of hydrogen-bond donors (Lipinski definition) is 2. The van der Waals surface area contributed by atoms with Crippen LogP contribution in [0.15, 0.2) is 54.7 Å². The van der Waals surface area contributed by atoms with Crippen molar-refractivity contribution in [2.24, 2.45) is 11.7 Å². The number of nitrogens with zero attached hydrogens (tertiary/aromatic N) is 3. The minimum absolute atomic E-state index is 0.0615. The number of nitrogens with two attached hydrogens (primary N) is 1. The summed E-state index contributed by atoms with van der Waals surface area (Å²) in [5.41, 5.74) is 7.08. The number of carbonyl (C=O) groups is 3. The molecule has 210 valence electrons. The maximum absolute atomic E-state index is 13.1. The summed E-state index contributed by atoms with van der Waals surface area (Å²) in [5.74, 6) is 0.575. The standard InChI is InChI=1S/C25H30N4O2.C5H11NO2/c1-18(2)15-20(19-9-4-3-5-10-19)17-26-24(30)21-11-8-14-29-23(21)16-22(27-29)25(31)28-12-6-7-13-28;1-5(2,3)8-4(6)7/h3-5,8-11,14,16,18,20H,6-7,12-13,15,17H2,1-2H3,(H,26,30);1-3H3,(H2,6,7). The predicted octanol–water partition coefficient (Wildman–Crippen LogP) is 5.01. The second-order valence-corrected chi connectivity index (χ2v) is 11.3. The van der Waals surface area contributed by atoms with Crippen LogP contribution in [0.5, 0.6) is 0 Å². The number of primary amides is 1. The number of likely N-dealkylation sites (tertiary alicyclic amines) is 1. The molecule has 3 N–H and O–H groups in total. The third-order valence-corrected chi connectivity index (χ3v) is 6.30. The lowest BCUT2D eigenvalue weighted by Crippen LogP contribution is -2.29. The molecule has 39 heavy (non-hydrogen) atoms. The minimum atomic E-state index is -0.725. The fraction of sp³-hybridized carbons (Fsp3) is 0.467. The first-order chi connectivity index (χ1) is 18.4. The number of benzene rings is 1. The van der Waals surface area contributed by atoms with E-state index >= 15 is 0 Å². The van der Waals surface area contributed by atoms with E-state index in [1.807, 2.05) is 23.1 Å². The summed E-state index contributed by atoms with van der Waals surface area (Å²) in [6.07, 6.45) is 4.11. The number of carbonyl (C=O) groups excluding carboxylic acids is 3. The van der Waals surface area contributed by atoms with E-state index in [0.29, 0.717) is 29.2 Å².